The van der Waals surface area contributed by atoms with E-state index in [9.17, 15) is 15.6 Å². The first kappa shape index (κ1) is 25.3. The molecule has 0 saturated heterocycles. The van der Waals surface area contributed by atoms with Crippen molar-refractivity contribution < 1.29 is 9.84 Å². The summed E-state index contributed by atoms with van der Waals surface area (Å²) in [5.41, 5.74) is 9.09. The Hall–Kier alpha value is -5.32. The smallest absolute Gasteiger partial charge is 0.119 e. The third kappa shape index (κ3) is 5.82. The van der Waals surface area contributed by atoms with Crippen molar-refractivity contribution in [2.45, 2.75) is 20.0 Å². The Balaban J connectivity index is 1.47. The number of hydrogen-bond donors (Lipinski definition) is 1. The predicted molar refractivity (Wildman–Crippen MR) is 153 cm³/mol. The Bertz CT molecular complexity index is 1690. The maximum absolute atomic E-state index is 9.94. The van der Waals surface area contributed by atoms with Crippen LogP contribution >= 0.6 is 0 Å². The predicted octanol–water partition coefficient (Wildman–Crippen LogP) is 7.95. The van der Waals surface area contributed by atoms with E-state index < -0.39 is 0 Å². The molecule has 0 unspecified atom stereocenters. The number of ether oxygens (including phenoxy) is 1. The van der Waals surface area contributed by atoms with E-state index in [0.717, 1.165) is 50.3 Å². The normalized spacial score (nSPS) is 10.4. The molecule has 0 bridgehead atoms. The summed E-state index contributed by atoms with van der Waals surface area (Å²) in [7, 11) is 0. The first-order chi connectivity index (χ1) is 19.0. The van der Waals surface area contributed by atoms with E-state index in [1.54, 1.807) is 18.2 Å². The number of nitriles is 2. The van der Waals surface area contributed by atoms with Gasteiger partial charge >= 0.3 is 0 Å². The van der Waals surface area contributed by atoms with Gasteiger partial charge in [0.05, 0.1) is 23.3 Å². The summed E-state index contributed by atoms with van der Waals surface area (Å²) >= 11 is 0. The van der Waals surface area contributed by atoms with Crippen LogP contribution in [0.25, 0.3) is 22.3 Å². The van der Waals surface area contributed by atoms with Crippen molar-refractivity contribution in [3.8, 4) is 45.9 Å². The van der Waals surface area contributed by atoms with E-state index in [2.05, 4.69) is 18.2 Å². The summed E-state index contributed by atoms with van der Waals surface area (Å²) in [6.45, 7) is 2.52. The number of phenols is 1. The van der Waals surface area contributed by atoms with Crippen LogP contribution < -0.4 is 4.74 Å². The minimum absolute atomic E-state index is 0.195. The van der Waals surface area contributed by atoms with Gasteiger partial charge in [-0.15, -0.1) is 0 Å². The summed E-state index contributed by atoms with van der Waals surface area (Å²) in [4.78, 5) is 0. The molecule has 0 aliphatic heterocycles. The van der Waals surface area contributed by atoms with Gasteiger partial charge in [0, 0.05) is 0 Å². The molecule has 0 aliphatic rings. The van der Waals surface area contributed by atoms with Crippen LogP contribution in [0.5, 0.6) is 11.5 Å². The number of nitrogens with zero attached hydrogens (tertiary/aromatic N) is 2. The van der Waals surface area contributed by atoms with Crippen LogP contribution in [0.15, 0.2) is 109 Å². The number of phenolic OH excluding ortho intramolecular Hbond substituents is 1. The van der Waals surface area contributed by atoms with Gasteiger partial charge in [-0.2, -0.15) is 10.5 Å². The standard InChI is InChI=1S/C35H26N2O2/c1-24-17-31(22-37)29(19-30-18-26(21-36)7-16-34(30)27-8-12-32(38)13-9-27)20-35(24)28-10-14-33(15-11-28)39-23-25-5-3-2-4-6-25/h2-18,20,38H,19,23H2,1H3. The van der Waals surface area contributed by atoms with Crippen LogP contribution in [-0.4, -0.2) is 5.11 Å². The van der Waals surface area contributed by atoms with Gasteiger partial charge in [-0.25, -0.2) is 0 Å². The van der Waals surface area contributed by atoms with E-state index in [4.69, 9.17) is 4.74 Å². The summed E-state index contributed by atoms with van der Waals surface area (Å²) in [6, 6.07) is 39.3. The highest BCUT2D eigenvalue weighted by atomic mass is 16.5. The Morgan fingerprint density at radius 2 is 1.38 bits per heavy atom. The Morgan fingerprint density at radius 1 is 0.692 bits per heavy atom. The lowest BCUT2D eigenvalue weighted by Crippen LogP contribution is -1.99. The fourth-order valence-electron chi connectivity index (χ4n) is 4.72. The average Bonchev–Trinajstić information content (AvgIpc) is 2.98. The van der Waals surface area contributed by atoms with Crippen molar-refractivity contribution in [1.82, 2.24) is 0 Å². The zero-order valence-corrected chi connectivity index (χ0v) is 21.6. The van der Waals surface area contributed by atoms with Gasteiger partial charge in [0.2, 0.25) is 0 Å². The second-order valence-corrected chi connectivity index (χ2v) is 9.44. The SMILES string of the molecule is Cc1cc(C#N)c(Cc2cc(C#N)ccc2-c2ccc(O)cc2)cc1-c1ccc(OCc2ccccc2)cc1. The van der Waals surface area contributed by atoms with Gasteiger partial charge < -0.3 is 9.84 Å². The molecule has 0 heterocycles. The number of aromatic hydroxyl groups is 1. The van der Waals surface area contributed by atoms with Crippen molar-refractivity contribution in [2.24, 2.45) is 0 Å². The van der Waals surface area contributed by atoms with Crippen LogP contribution in [-0.2, 0) is 13.0 Å². The monoisotopic (exact) mass is 506 g/mol. The highest BCUT2D eigenvalue weighted by Gasteiger charge is 2.14. The topological polar surface area (TPSA) is 77.0 Å². The van der Waals surface area contributed by atoms with Crippen molar-refractivity contribution in [3.63, 3.8) is 0 Å². The van der Waals surface area contributed by atoms with Crippen molar-refractivity contribution in [3.05, 3.63) is 143 Å². The van der Waals surface area contributed by atoms with Crippen molar-refractivity contribution in [1.29, 1.82) is 10.5 Å². The zero-order valence-electron chi connectivity index (χ0n) is 21.6. The molecule has 0 aliphatic carbocycles. The van der Waals surface area contributed by atoms with Gasteiger partial charge in [0.15, 0.2) is 0 Å². The third-order valence-electron chi connectivity index (χ3n) is 6.78. The van der Waals surface area contributed by atoms with Crippen LogP contribution in [0.4, 0.5) is 0 Å². The van der Waals surface area contributed by atoms with E-state index in [0.29, 0.717) is 24.2 Å². The lowest BCUT2D eigenvalue weighted by molar-refractivity contribution is 0.306. The zero-order chi connectivity index (χ0) is 27.2. The number of benzene rings is 5. The largest absolute Gasteiger partial charge is 0.508 e. The quantitative estimate of drug-likeness (QED) is 0.243. The maximum Gasteiger partial charge on any atom is 0.119 e. The van der Waals surface area contributed by atoms with Gasteiger partial charge in [-0.05, 0) is 106 Å². The summed E-state index contributed by atoms with van der Waals surface area (Å²) in [5, 5.41) is 29.2. The van der Waals surface area contributed by atoms with E-state index >= 15 is 0 Å². The third-order valence-corrected chi connectivity index (χ3v) is 6.78. The molecule has 4 heteroatoms. The lowest BCUT2D eigenvalue weighted by Gasteiger charge is -2.15. The van der Waals surface area contributed by atoms with Crippen LogP contribution in [0.1, 0.15) is 33.4 Å². The lowest BCUT2D eigenvalue weighted by atomic mass is 9.89. The van der Waals surface area contributed by atoms with E-state index in [-0.39, 0.29) is 5.75 Å². The molecule has 5 aromatic rings. The van der Waals surface area contributed by atoms with E-state index in [1.807, 2.05) is 91.9 Å². The van der Waals surface area contributed by atoms with E-state index in [1.165, 1.54) is 0 Å². The van der Waals surface area contributed by atoms with Gasteiger partial charge in [-0.3, -0.25) is 0 Å². The number of rotatable bonds is 7. The fraction of sp³-hybridized carbons (Fsp3) is 0.0857. The first-order valence-electron chi connectivity index (χ1n) is 12.7. The minimum atomic E-state index is 0.195. The fourth-order valence-corrected chi connectivity index (χ4v) is 4.72. The molecule has 39 heavy (non-hydrogen) atoms. The van der Waals surface area contributed by atoms with Crippen LogP contribution in [0.2, 0.25) is 0 Å². The van der Waals surface area contributed by atoms with Crippen molar-refractivity contribution >= 4 is 0 Å². The van der Waals surface area contributed by atoms with Gasteiger partial charge in [0.1, 0.15) is 18.1 Å². The molecule has 1 N–H and O–H groups in total. The summed E-state index contributed by atoms with van der Waals surface area (Å²) in [5.74, 6) is 0.987. The van der Waals surface area contributed by atoms with Crippen LogP contribution in [0.3, 0.4) is 0 Å². The Morgan fingerprint density at radius 3 is 2.08 bits per heavy atom. The van der Waals surface area contributed by atoms with Crippen LogP contribution in [0, 0.1) is 29.6 Å². The second-order valence-electron chi connectivity index (χ2n) is 9.44. The van der Waals surface area contributed by atoms with Crippen molar-refractivity contribution in [2.75, 3.05) is 0 Å². The summed E-state index contributed by atoms with van der Waals surface area (Å²) < 4.78 is 5.95. The highest BCUT2D eigenvalue weighted by Crippen LogP contribution is 2.33. The molecule has 188 valence electrons. The molecular formula is C35H26N2O2. The highest BCUT2D eigenvalue weighted by molar-refractivity contribution is 5.73. The molecular weight excluding hydrogens is 480 g/mol. The Labute approximate surface area is 228 Å². The maximum atomic E-state index is 9.94. The second kappa shape index (κ2) is 11.4. The molecule has 0 saturated carbocycles. The molecule has 0 spiro atoms. The molecule has 0 atom stereocenters. The molecule has 4 nitrogen and oxygen atoms in total. The van der Waals surface area contributed by atoms with Gasteiger partial charge in [-0.1, -0.05) is 60.7 Å². The van der Waals surface area contributed by atoms with Gasteiger partial charge in [0.25, 0.3) is 0 Å². The summed E-state index contributed by atoms with van der Waals surface area (Å²) in [6.07, 6.45) is 0.486. The average molecular weight is 507 g/mol. The number of hydrogen-bond acceptors (Lipinski definition) is 4. The molecule has 0 fully saturated rings. The number of aryl methyl sites for hydroxylation is 1. The molecule has 0 radical (unpaired) electrons. The Kier molecular flexibility index (Phi) is 7.39. The first-order valence-corrected chi connectivity index (χ1v) is 12.7. The molecule has 5 rings (SSSR count). The molecule has 0 aromatic heterocycles. The minimum Gasteiger partial charge on any atom is -0.508 e. The molecule has 5 aromatic carbocycles. The molecule has 0 amide bonds.